The number of hydrogen-bond acceptors (Lipinski definition) is 5. The lowest BCUT2D eigenvalue weighted by Gasteiger charge is -2.17. The molecule has 1 fully saturated rings. The molecule has 0 radical (unpaired) electrons. The van der Waals surface area contributed by atoms with Gasteiger partial charge in [0.05, 0.1) is 35.9 Å². The van der Waals surface area contributed by atoms with Gasteiger partial charge in [0.2, 0.25) is 0 Å². The summed E-state index contributed by atoms with van der Waals surface area (Å²) in [5, 5.41) is 6.90. The smallest absolute Gasteiger partial charge is 0.130 e. The van der Waals surface area contributed by atoms with Crippen LogP contribution < -0.4 is 15.4 Å². The lowest BCUT2D eigenvalue weighted by Crippen LogP contribution is -2.14. The molecule has 0 aliphatic carbocycles. The van der Waals surface area contributed by atoms with Crippen LogP contribution in [0.5, 0.6) is 5.75 Å². The SMILES string of the molecule is CCCNCc1ncc(-c2ccc(-c3ccc4c(c3)OCc3[nH]c([C@@H]5CCCN5)nc3-4)cc2)[nH]1. The molecule has 2 aliphatic rings. The van der Waals surface area contributed by atoms with Crippen molar-refractivity contribution < 1.29 is 4.74 Å². The molecule has 7 heteroatoms. The van der Waals surface area contributed by atoms with E-state index in [-0.39, 0.29) is 0 Å². The number of nitrogens with one attached hydrogen (secondary N) is 4. The largest absolute Gasteiger partial charge is 0.487 e. The van der Waals surface area contributed by atoms with Crippen LogP contribution in [0.25, 0.3) is 33.6 Å². The van der Waals surface area contributed by atoms with Crippen molar-refractivity contribution in [3.63, 3.8) is 0 Å². The van der Waals surface area contributed by atoms with Gasteiger partial charge >= 0.3 is 0 Å². The molecular weight excluding hydrogens is 424 g/mol. The fourth-order valence-electron chi connectivity index (χ4n) is 4.83. The Bertz CT molecular complexity index is 1280. The van der Waals surface area contributed by atoms with Gasteiger partial charge in [0.25, 0.3) is 0 Å². The highest BCUT2D eigenvalue weighted by molar-refractivity contribution is 5.77. The number of benzene rings is 2. The number of ether oxygens (including phenoxy) is 1. The van der Waals surface area contributed by atoms with Crippen LogP contribution in [0.15, 0.2) is 48.7 Å². The Kier molecular flexibility index (Phi) is 5.65. The van der Waals surface area contributed by atoms with E-state index in [0.29, 0.717) is 12.6 Å². The molecule has 0 spiro atoms. The van der Waals surface area contributed by atoms with Crippen LogP contribution in [0.1, 0.15) is 49.6 Å². The van der Waals surface area contributed by atoms with E-state index in [1.807, 2.05) is 6.20 Å². The molecular formula is C27H30N6O. The third-order valence-electron chi connectivity index (χ3n) is 6.67. The van der Waals surface area contributed by atoms with Gasteiger partial charge < -0.3 is 25.3 Å². The molecule has 6 rings (SSSR count). The summed E-state index contributed by atoms with van der Waals surface area (Å²) in [5.74, 6) is 2.88. The van der Waals surface area contributed by atoms with Gasteiger partial charge in [0, 0.05) is 5.56 Å². The van der Waals surface area contributed by atoms with Crippen molar-refractivity contribution in [1.29, 1.82) is 0 Å². The molecule has 2 aliphatic heterocycles. The normalized spacial score (nSPS) is 16.8. The van der Waals surface area contributed by atoms with Crippen LogP contribution in [0.2, 0.25) is 0 Å². The summed E-state index contributed by atoms with van der Waals surface area (Å²) < 4.78 is 6.11. The van der Waals surface area contributed by atoms with Gasteiger partial charge in [0.15, 0.2) is 0 Å². The minimum absolute atomic E-state index is 0.324. The number of hydrogen-bond donors (Lipinski definition) is 4. The zero-order chi connectivity index (χ0) is 22.9. The molecule has 2 aromatic heterocycles. The first kappa shape index (κ1) is 21.1. The lowest BCUT2D eigenvalue weighted by molar-refractivity contribution is 0.297. The molecule has 1 saturated heterocycles. The van der Waals surface area contributed by atoms with E-state index in [9.17, 15) is 0 Å². The van der Waals surface area contributed by atoms with Gasteiger partial charge in [-0.05, 0) is 61.2 Å². The number of rotatable bonds is 7. The van der Waals surface area contributed by atoms with E-state index < -0.39 is 0 Å². The third kappa shape index (κ3) is 4.02. The molecule has 2 aromatic carbocycles. The van der Waals surface area contributed by atoms with Crippen LogP contribution in [-0.4, -0.2) is 33.0 Å². The Morgan fingerprint density at radius 3 is 2.74 bits per heavy atom. The van der Waals surface area contributed by atoms with Crippen molar-refractivity contribution in [3.8, 4) is 39.4 Å². The van der Waals surface area contributed by atoms with Gasteiger partial charge in [0.1, 0.15) is 24.0 Å². The van der Waals surface area contributed by atoms with Crippen LogP contribution in [0.4, 0.5) is 0 Å². The predicted octanol–water partition coefficient (Wildman–Crippen LogP) is 4.95. The summed E-state index contributed by atoms with van der Waals surface area (Å²) in [5.41, 5.74) is 7.60. The van der Waals surface area contributed by atoms with E-state index in [4.69, 9.17) is 9.72 Å². The van der Waals surface area contributed by atoms with Crippen molar-refractivity contribution in [2.45, 2.75) is 45.4 Å². The number of aromatic amines is 2. The van der Waals surface area contributed by atoms with E-state index in [2.05, 4.69) is 75.0 Å². The number of H-pyrrole nitrogens is 2. The maximum Gasteiger partial charge on any atom is 0.130 e. The summed E-state index contributed by atoms with van der Waals surface area (Å²) in [6, 6.07) is 15.3. The molecule has 4 N–H and O–H groups in total. The summed E-state index contributed by atoms with van der Waals surface area (Å²) in [7, 11) is 0. The summed E-state index contributed by atoms with van der Waals surface area (Å²) >= 11 is 0. The van der Waals surface area contributed by atoms with Crippen LogP contribution in [-0.2, 0) is 13.2 Å². The van der Waals surface area contributed by atoms with Crippen molar-refractivity contribution in [2.75, 3.05) is 13.1 Å². The topological polar surface area (TPSA) is 90.7 Å². The molecule has 0 bridgehead atoms. The van der Waals surface area contributed by atoms with Gasteiger partial charge in [-0.2, -0.15) is 0 Å². The highest BCUT2D eigenvalue weighted by Gasteiger charge is 2.26. The molecule has 34 heavy (non-hydrogen) atoms. The molecule has 4 aromatic rings. The second-order valence-electron chi connectivity index (χ2n) is 9.10. The Balaban J connectivity index is 1.21. The monoisotopic (exact) mass is 454 g/mol. The maximum atomic E-state index is 6.11. The van der Waals surface area contributed by atoms with Crippen molar-refractivity contribution in [2.24, 2.45) is 0 Å². The van der Waals surface area contributed by atoms with E-state index in [1.54, 1.807) is 0 Å². The van der Waals surface area contributed by atoms with Gasteiger partial charge in [-0.1, -0.05) is 37.3 Å². The second-order valence-corrected chi connectivity index (χ2v) is 9.10. The summed E-state index contributed by atoms with van der Waals surface area (Å²) in [6.07, 6.45) is 5.35. The van der Waals surface area contributed by atoms with Gasteiger partial charge in [-0.25, -0.2) is 9.97 Å². The van der Waals surface area contributed by atoms with Gasteiger partial charge in [-0.3, -0.25) is 0 Å². The summed E-state index contributed by atoms with van der Waals surface area (Å²) in [4.78, 5) is 16.3. The van der Waals surface area contributed by atoms with Crippen molar-refractivity contribution in [1.82, 2.24) is 30.6 Å². The van der Waals surface area contributed by atoms with Crippen LogP contribution >= 0.6 is 0 Å². The Labute approximate surface area is 199 Å². The first-order valence-electron chi connectivity index (χ1n) is 12.2. The fraction of sp³-hybridized carbons (Fsp3) is 0.333. The average Bonchev–Trinajstić information content (AvgIpc) is 3.64. The zero-order valence-corrected chi connectivity index (χ0v) is 19.4. The molecule has 0 unspecified atom stereocenters. The number of nitrogens with zero attached hydrogens (tertiary/aromatic N) is 2. The van der Waals surface area contributed by atoms with E-state index in [0.717, 1.165) is 89.2 Å². The van der Waals surface area contributed by atoms with Gasteiger partial charge in [-0.15, -0.1) is 0 Å². The molecule has 1 atom stereocenters. The molecule has 174 valence electrons. The fourth-order valence-corrected chi connectivity index (χ4v) is 4.83. The Morgan fingerprint density at radius 2 is 1.91 bits per heavy atom. The minimum Gasteiger partial charge on any atom is -0.487 e. The quantitative estimate of drug-likeness (QED) is 0.297. The minimum atomic E-state index is 0.324. The highest BCUT2D eigenvalue weighted by atomic mass is 16.5. The Hall–Kier alpha value is -3.42. The second kappa shape index (κ2) is 9.08. The average molecular weight is 455 g/mol. The number of imidazole rings is 2. The highest BCUT2D eigenvalue weighted by Crippen LogP contribution is 2.40. The first-order valence-corrected chi connectivity index (χ1v) is 12.2. The predicted molar refractivity (Wildman–Crippen MR) is 133 cm³/mol. The van der Waals surface area contributed by atoms with Crippen LogP contribution in [0.3, 0.4) is 0 Å². The van der Waals surface area contributed by atoms with Crippen molar-refractivity contribution >= 4 is 0 Å². The van der Waals surface area contributed by atoms with Crippen LogP contribution in [0, 0.1) is 0 Å². The van der Waals surface area contributed by atoms with E-state index >= 15 is 0 Å². The molecule has 4 heterocycles. The van der Waals surface area contributed by atoms with Crippen molar-refractivity contribution in [3.05, 3.63) is 66.0 Å². The zero-order valence-electron chi connectivity index (χ0n) is 19.4. The Morgan fingerprint density at radius 1 is 1.06 bits per heavy atom. The third-order valence-corrected chi connectivity index (χ3v) is 6.67. The molecule has 0 saturated carbocycles. The maximum absolute atomic E-state index is 6.11. The lowest BCUT2D eigenvalue weighted by atomic mass is 9.99. The number of aromatic nitrogens is 4. The molecule has 7 nitrogen and oxygen atoms in total. The first-order chi connectivity index (χ1) is 16.8. The standard InChI is InChI=1S/C27H30N6O/c1-2-11-28-15-25-30-14-22(31-25)18-7-5-17(6-8-18)19-9-10-20-24(13-19)34-16-23-26(20)33-27(32-23)21-4-3-12-29-21/h5-10,13-14,21,28-29H,2-4,11-12,15-16H2,1H3,(H,30,31)(H,32,33)/t21-/m0/s1. The number of fused-ring (bicyclic) bond motifs is 3. The van der Waals surface area contributed by atoms with E-state index in [1.165, 1.54) is 6.42 Å². The summed E-state index contributed by atoms with van der Waals surface area (Å²) in [6.45, 7) is 5.51. The molecule has 0 amide bonds.